The topological polar surface area (TPSA) is 139 Å². The number of hydrogen-bond donors (Lipinski definition) is 3. The summed E-state index contributed by atoms with van der Waals surface area (Å²) in [6.45, 7) is 3.22. The molecule has 0 radical (unpaired) electrons. The van der Waals surface area contributed by atoms with Crippen molar-refractivity contribution in [1.82, 2.24) is 9.97 Å². The number of H-pyrrole nitrogens is 1. The average molecular weight is 273 g/mol. The van der Waals surface area contributed by atoms with Gasteiger partial charge < -0.3 is 25.1 Å². The highest BCUT2D eigenvalue weighted by atomic mass is 16.6. The van der Waals surface area contributed by atoms with Crippen molar-refractivity contribution < 1.29 is 24.7 Å². The number of nitrogens with one attached hydrogen (secondary N) is 1. The summed E-state index contributed by atoms with van der Waals surface area (Å²) in [7, 11) is 0. The van der Waals surface area contributed by atoms with Crippen LogP contribution in [-0.4, -0.2) is 43.8 Å². The van der Waals surface area contributed by atoms with Crippen LogP contribution in [0.3, 0.4) is 0 Å². The quantitative estimate of drug-likeness (QED) is 0.376. The van der Waals surface area contributed by atoms with E-state index in [1.54, 1.807) is 6.92 Å². The third-order valence-corrected chi connectivity index (χ3v) is 2.34. The van der Waals surface area contributed by atoms with Crippen molar-refractivity contribution in [2.45, 2.75) is 32.5 Å². The van der Waals surface area contributed by atoms with Crippen LogP contribution in [0.25, 0.3) is 0 Å². The standard InChI is InChI=1S/C10H15N3O6/c1-3-19-7(15)4-6(14)9(16)8-10(13(17)18)12-5(2)11-8/h6,9,14,16H,3-4H2,1-2H3,(H,11,12). The van der Waals surface area contributed by atoms with Crippen LogP contribution in [0, 0.1) is 17.0 Å². The Hall–Kier alpha value is -2.00. The highest BCUT2D eigenvalue weighted by molar-refractivity contribution is 5.70. The second-order valence-electron chi connectivity index (χ2n) is 3.83. The number of carbonyl (C=O) groups excluding carboxylic acids is 1. The Morgan fingerprint density at radius 3 is 2.74 bits per heavy atom. The third-order valence-electron chi connectivity index (χ3n) is 2.34. The Bertz CT molecular complexity index is 472. The van der Waals surface area contributed by atoms with Crippen LogP contribution in [0.5, 0.6) is 0 Å². The molecular weight excluding hydrogens is 258 g/mol. The van der Waals surface area contributed by atoms with Gasteiger partial charge in [0.2, 0.25) is 0 Å². The highest BCUT2D eigenvalue weighted by Crippen LogP contribution is 2.26. The summed E-state index contributed by atoms with van der Waals surface area (Å²) in [5.41, 5.74) is -0.306. The molecule has 0 fully saturated rings. The van der Waals surface area contributed by atoms with Crippen LogP contribution in [0.2, 0.25) is 0 Å². The summed E-state index contributed by atoms with van der Waals surface area (Å²) >= 11 is 0. The predicted molar refractivity (Wildman–Crippen MR) is 62.2 cm³/mol. The molecule has 9 nitrogen and oxygen atoms in total. The molecule has 1 aromatic heterocycles. The fraction of sp³-hybridized carbons (Fsp3) is 0.600. The van der Waals surface area contributed by atoms with E-state index in [0.717, 1.165) is 0 Å². The first-order valence-electron chi connectivity index (χ1n) is 5.59. The van der Waals surface area contributed by atoms with E-state index in [1.807, 2.05) is 0 Å². The number of nitrogens with zero attached hydrogens (tertiary/aromatic N) is 2. The van der Waals surface area contributed by atoms with Gasteiger partial charge in [-0.05, 0) is 11.8 Å². The normalized spacial score (nSPS) is 13.9. The van der Waals surface area contributed by atoms with Gasteiger partial charge in [0.05, 0.1) is 19.1 Å². The molecule has 1 heterocycles. The zero-order valence-electron chi connectivity index (χ0n) is 10.5. The minimum Gasteiger partial charge on any atom is -0.466 e. The first kappa shape index (κ1) is 15.1. The second-order valence-corrected chi connectivity index (χ2v) is 3.83. The van der Waals surface area contributed by atoms with E-state index < -0.39 is 35.3 Å². The summed E-state index contributed by atoms with van der Waals surface area (Å²) in [5, 5.41) is 30.2. The molecule has 0 aliphatic heterocycles. The van der Waals surface area contributed by atoms with Gasteiger partial charge in [0.1, 0.15) is 6.10 Å². The molecule has 9 heteroatoms. The fourth-order valence-electron chi connectivity index (χ4n) is 1.53. The van der Waals surface area contributed by atoms with Crippen LogP contribution in [0.4, 0.5) is 5.82 Å². The van der Waals surface area contributed by atoms with Gasteiger partial charge in [0.15, 0.2) is 11.5 Å². The van der Waals surface area contributed by atoms with Gasteiger partial charge in [0, 0.05) is 6.92 Å². The van der Waals surface area contributed by atoms with Gasteiger partial charge in [0.25, 0.3) is 0 Å². The van der Waals surface area contributed by atoms with E-state index in [1.165, 1.54) is 6.92 Å². The molecule has 2 atom stereocenters. The molecule has 0 spiro atoms. The molecule has 0 aliphatic rings. The SMILES string of the molecule is CCOC(=O)CC(O)C(O)c1nc(C)[nH]c1[N+](=O)[O-]. The highest BCUT2D eigenvalue weighted by Gasteiger charge is 2.31. The number of aliphatic hydroxyl groups excluding tert-OH is 2. The van der Waals surface area contributed by atoms with E-state index in [-0.39, 0.29) is 18.1 Å². The zero-order chi connectivity index (χ0) is 14.6. The summed E-state index contributed by atoms with van der Waals surface area (Å²) in [6.07, 6.45) is -3.65. The number of carbonyl (C=O) groups is 1. The van der Waals surface area contributed by atoms with Crippen molar-refractivity contribution in [1.29, 1.82) is 0 Å². The molecule has 0 amide bonds. The van der Waals surface area contributed by atoms with E-state index >= 15 is 0 Å². The van der Waals surface area contributed by atoms with Crippen LogP contribution in [0.15, 0.2) is 0 Å². The van der Waals surface area contributed by atoms with Gasteiger partial charge in [-0.25, -0.2) is 9.97 Å². The Kier molecular flexibility index (Phi) is 4.95. The molecule has 2 unspecified atom stereocenters. The molecule has 0 saturated carbocycles. The number of nitro groups is 1. The average Bonchev–Trinajstić information content (AvgIpc) is 2.70. The molecule has 106 valence electrons. The minimum atomic E-state index is -1.64. The van der Waals surface area contributed by atoms with E-state index in [4.69, 9.17) is 0 Å². The second kappa shape index (κ2) is 6.25. The maximum atomic E-state index is 11.2. The van der Waals surface area contributed by atoms with Crippen LogP contribution in [0.1, 0.15) is 31.0 Å². The van der Waals surface area contributed by atoms with Gasteiger partial charge in [-0.1, -0.05) is 0 Å². The van der Waals surface area contributed by atoms with Crippen LogP contribution in [-0.2, 0) is 9.53 Å². The molecule has 1 rings (SSSR count). The number of ether oxygens (including phenoxy) is 1. The van der Waals surface area contributed by atoms with Crippen molar-refractivity contribution in [3.63, 3.8) is 0 Å². The maximum Gasteiger partial charge on any atom is 0.346 e. The molecule has 19 heavy (non-hydrogen) atoms. The van der Waals surface area contributed by atoms with Gasteiger partial charge in [-0.2, -0.15) is 0 Å². The minimum absolute atomic E-state index is 0.142. The summed E-state index contributed by atoms with van der Waals surface area (Å²) in [5.74, 6) is -0.985. The monoisotopic (exact) mass is 273 g/mol. The molecule has 1 aromatic rings. The lowest BCUT2D eigenvalue weighted by Crippen LogP contribution is -2.24. The lowest BCUT2D eigenvalue weighted by atomic mass is 10.1. The van der Waals surface area contributed by atoms with Gasteiger partial charge >= 0.3 is 11.8 Å². The fourth-order valence-corrected chi connectivity index (χ4v) is 1.53. The third kappa shape index (κ3) is 3.73. The van der Waals surface area contributed by atoms with E-state index in [0.29, 0.717) is 0 Å². The van der Waals surface area contributed by atoms with Crippen molar-refractivity contribution in [3.8, 4) is 0 Å². The van der Waals surface area contributed by atoms with Crippen molar-refractivity contribution in [3.05, 3.63) is 21.6 Å². The Balaban J connectivity index is 2.84. The Morgan fingerprint density at radius 1 is 1.58 bits per heavy atom. The number of aliphatic hydroxyl groups is 2. The summed E-state index contributed by atoms with van der Waals surface area (Å²) in [6, 6.07) is 0. The molecule has 0 aromatic carbocycles. The van der Waals surface area contributed by atoms with Crippen molar-refractivity contribution in [2.24, 2.45) is 0 Å². The van der Waals surface area contributed by atoms with Crippen LogP contribution >= 0.6 is 0 Å². The van der Waals surface area contributed by atoms with Crippen LogP contribution < -0.4 is 0 Å². The zero-order valence-corrected chi connectivity index (χ0v) is 10.5. The smallest absolute Gasteiger partial charge is 0.346 e. The van der Waals surface area contributed by atoms with Gasteiger partial charge in [-0.3, -0.25) is 4.79 Å². The number of esters is 1. The number of imidazole rings is 1. The molecule has 3 N–H and O–H groups in total. The molecular formula is C10H15N3O6. The number of rotatable bonds is 6. The number of hydrogen-bond acceptors (Lipinski definition) is 7. The van der Waals surface area contributed by atoms with Gasteiger partial charge in [-0.15, -0.1) is 0 Å². The summed E-state index contributed by atoms with van der Waals surface area (Å²) in [4.78, 5) is 27.2. The molecule has 0 bridgehead atoms. The Morgan fingerprint density at radius 2 is 2.21 bits per heavy atom. The maximum absolute atomic E-state index is 11.2. The molecule has 0 aliphatic carbocycles. The predicted octanol–water partition coefficient (Wildman–Crippen LogP) is -0.0262. The van der Waals surface area contributed by atoms with Crippen molar-refractivity contribution >= 4 is 11.8 Å². The number of aryl methyl sites for hydroxylation is 1. The number of aromatic nitrogens is 2. The summed E-state index contributed by atoms with van der Waals surface area (Å²) < 4.78 is 4.61. The first-order valence-corrected chi connectivity index (χ1v) is 5.59. The Labute approximate surface area is 108 Å². The van der Waals surface area contributed by atoms with E-state index in [2.05, 4.69) is 14.7 Å². The number of aromatic amines is 1. The lowest BCUT2D eigenvalue weighted by Gasteiger charge is -2.14. The molecule has 0 saturated heterocycles. The largest absolute Gasteiger partial charge is 0.466 e. The first-order chi connectivity index (χ1) is 8.86. The van der Waals surface area contributed by atoms with E-state index in [9.17, 15) is 25.1 Å². The van der Waals surface area contributed by atoms with Crippen molar-refractivity contribution in [2.75, 3.05) is 6.61 Å². The lowest BCUT2D eigenvalue weighted by molar-refractivity contribution is -0.390.